The van der Waals surface area contributed by atoms with Gasteiger partial charge in [-0.25, -0.2) is 4.98 Å². The molecule has 1 saturated carbocycles. The Morgan fingerprint density at radius 2 is 1.95 bits per heavy atom. The van der Waals surface area contributed by atoms with E-state index in [4.69, 9.17) is 0 Å². The summed E-state index contributed by atoms with van der Waals surface area (Å²) in [7, 11) is 0. The van der Waals surface area contributed by atoms with Crippen LogP contribution < -0.4 is 5.32 Å². The van der Waals surface area contributed by atoms with Crippen LogP contribution in [0.2, 0.25) is 0 Å². The molecule has 1 aromatic carbocycles. The van der Waals surface area contributed by atoms with Crippen LogP contribution in [0.5, 0.6) is 0 Å². The maximum absolute atomic E-state index is 12.9. The molecule has 2 aromatic rings. The number of nitrogens with zero attached hydrogens (tertiary/aromatic N) is 1. The molecule has 1 aromatic heterocycles. The number of nitrogens with one attached hydrogen (secondary N) is 2. The van der Waals surface area contributed by atoms with Crippen LogP contribution in [0.1, 0.15) is 43.5 Å². The number of hydrogen-bond acceptors (Lipinski definition) is 2. The molecule has 0 spiro atoms. The quantitative estimate of drug-likeness (QED) is 0.891. The van der Waals surface area contributed by atoms with Crippen molar-refractivity contribution >= 4 is 5.91 Å². The monoisotopic (exact) mass is 297 g/mol. The highest BCUT2D eigenvalue weighted by atomic mass is 16.2. The SMILES string of the molecule is O=C(NCCc1ncc[nH]1)C1(c2ccccc2)CCCCC1. The molecule has 4 heteroatoms. The first-order valence-corrected chi connectivity index (χ1v) is 8.13. The van der Waals surface area contributed by atoms with E-state index < -0.39 is 0 Å². The minimum Gasteiger partial charge on any atom is -0.355 e. The second-order valence-corrected chi connectivity index (χ2v) is 6.05. The number of carbonyl (C=O) groups excluding carboxylic acids is 1. The van der Waals surface area contributed by atoms with Crippen LogP contribution in [0.4, 0.5) is 0 Å². The fourth-order valence-electron chi connectivity index (χ4n) is 3.46. The molecule has 22 heavy (non-hydrogen) atoms. The van der Waals surface area contributed by atoms with Crippen LogP contribution in [0.3, 0.4) is 0 Å². The smallest absolute Gasteiger partial charge is 0.230 e. The van der Waals surface area contributed by atoms with Crippen LogP contribution in [-0.4, -0.2) is 22.4 Å². The lowest BCUT2D eigenvalue weighted by Crippen LogP contribution is -2.46. The van der Waals surface area contributed by atoms with Crippen molar-refractivity contribution < 1.29 is 4.79 Å². The Labute approximate surface area is 131 Å². The number of carbonyl (C=O) groups is 1. The molecule has 1 heterocycles. The molecule has 4 nitrogen and oxygen atoms in total. The van der Waals surface area contributed by atoms with E-state index >= 15 is 0 Å². The Balaban J connectivity index is 1.70. The van der Waals surface area contributed by atoms with Crippen molar-refractivity contribution in [1.29, 1.82) is 0 Å². The van der Waals surface area contributed by atoms with Crippen LogP contribution in [0.15, 0.2) is 42.7 Å². The summed E-state index contributed by atoms with van der Waals surface area (Å²) in [6, 6.07) is 10.3. The van der Waals surface area contributed by atoms with Gasteiger partial charge in [0.1, 0.15) is 5.82 Å². The number of rotatable bonds is 5. The first-order chi connectivity index (χ1) is 10.8. The lowest BCUT2D eigenvalue weighted by molar-refractivity contribution is -0.128. The van der Waals surface area contributed by atoms with Gasteiger partial charge >= 0.3 is 0 Å². The van der Waals surface area contributed by atoms with Gasteiger partial charge in [-0.3, -0.25) is 4.79 Å². The predicted molar refractivity (Wildman–Crippen MR) is 86.5 cm³/mol. The van der Waals surface area contributed by atoms with Gasteiger partial charge in [0.2, 0.25) is 5.91 Å². The van der Waals surface area contributed by atoms with Crippen molar-refractivity contribution in [3.05, 3.63) is 54.1 Å². The third kappa shape index (κ3) is 3.06. The molecule has 2 N–H and O–H groups in total. The van der Waals surface area contributed by atoms with Crippen LogP contribution in [-0.2, 0) is 16.6 Å². The standard InChI is InChI=1S/C18H23N3O/c22-17(21-12-9-16-19-13-14-20-16)18(10-5-2-6-11-18)15-7-3-1-4-8-15/h1,3-4,7-8,13-14H,2,5-6,9-12H2,(H,19,20)(H,21,22). The Bertz CT molecular complexity index is 586. The highest BCUT2D eigenvalue weighted by Gasteiger charge is 2.40. The Kier molecular flexibility index (Phi) is 4.56. The van der Waals surface area contributed by atoms with E-state index in [9.17, 15) is 4.79 Å². The van der Waals surface area contributed by atoms with Gasteiger partial charge in [-0.2, -0.15) is 0 Å². The van der Waals surface area contributed by atoms with E-state index in [1.165, 1.54) is 6.42 Å². The number of amides is 1. The molecule has 1 aliphatic rings. The molecule has 0 atom stereocenters. The maximum atomic E-state index is 12.9. The lowest BCUT2D eigenvalue weighted by atomic mass is 9.68. The van der Waals surface area contributed by atoms with Crippen molar-refractivity contribution in [2.45, 2.75) is 43.9 Å². The number of benzene rings is 1. The highest BCUT2D eigenvalue weighted by Crippen LogP contribution is 2.39. The molecule has 0 radical (unpaired) electrons. The van der Waals surface area contributed by atoms with E-state index in [1.807, 2.05) is 24.4 Å². The number of H-pyrrole nitrogens is 1. The van der Waals surface area contributed by atoms with E-state index in [1.54, 1.807) is 6.20 Å². The summed E-state index contributed by atoms with van der Waals surface area (Å²) in [4.78, 5) is 20.2. The molecular weight excluding hydrogens is 274 g/mol. The van der Waals surface area contributed by atoms with Gasteiger partial charge in [-0.15, -0.1) is 0 Å². The topological polar surface area (TPSA) is 57.8 Å². The Morgan fingerprint density at radius 3 is 2.64 bits per heavy atom. The minimum atomic E-state index is -0.345. The van der Waals surface area contributed by atoms with Crippen LogP contribution in [0, 0.1) is 0 Å². The summed E-state index contributed by atoms with van der Waals surface area (Å²) in [5.41, 5.74) is 0.813. The molecule has 3 rings (SSSR count). The van der Waals surface area contributed by atoms with Gasteiger partial charge in [0, 0.05) is 25.4 Å². The summed E-state index contributed by atoms with van der Waals surface area (Å²) in [5, 5.41) is 3.13. The van der Waals surface area contributed by atoms with Gasteiger partial charge in [-0.1, -0.05) is 49.6 Å². The van der Waals surface area contributed by atoms with Crippen molar-refractivity contribution in [2.75, 3.05) is 6.54 Å². The van der Waals surface area contributed by atoms with E-state index in [0.29, 0.717) is 6.54 Å². The predicted octanol–water partition coefficient (Wildman–Crippen LogP) is 2.97. The summed E-state index contributed by atoms with van der Waals surface area (Å²) in [5.74, 6) is 1.09. The zero-order valence-electron chi connectivity index (χ0n) is 12.8. The molecule has 1 aliphatic carbocycles. The van der Waals surface area contributed by atoms with Crippen LogP contribution >= 0.6 is 0 Å². The number of imidazole rings is 1. The number of aromatic nitrogens is 2. The molecule has 1 amide bonds. The zero-order chi connectivity index (χ0) is 15.3. The fraction of sp³-hybridized carbons (Fsp3) is 0.444. The maximum Gasteiger partial charge on any atom is 0.230 e. The molecular formula is C18H23N3O. The van der Waals surface area contributed by atoms with Crippen molar-refractivity contribution in [3.8, 4) is 0 Å². The van der Waals surface area contributed by atoms with Gasteiger partial charge < -0.3 is 10.3 Å². The number of aromatic amines is 1. The van der Waals surface area contributed by atoms with Crippen molar-refractivity contribution in [1.82, 2.24) is 15.3 Å². The normalized spacial score (nSPS) is 17.1. The van der Waals surface area contributed by atoms with Crippen LogP contribution in [0.25, 0.3) is 0 Å². The average molecular weight is 297 g/mol. The lowest BCUT2D eigenvalue weighted by Gasteiger charge is -2.36. The van der Waals surface area contributed by atoms with Crippen molar-refractivity contribution in [3.63, 3.8) is 0 Å². The molecule has 0 aliphatic heterocycles. The summed E-state index contributed by atoms with van der Waals surface area (Å²) in [6.07, 6.45) is 9.67. The first-order valence-electron chi connectivity index (χ1n) is 8.13. The molecule has 1 fully saturated rings. The van der Waals surface area contributed by atoms with Gasteiger partial charge in [0.25, 0.3) is 0 Å². The second-order valence-electron chi connectivity index (χ2n) is 6.05. The van der Waals surface area contributed by atoms with E-state index in [-0.39, 0.29) is 11.3 Å². The fourth-order valence-corrected chi connectivity index (χ4v) is 3.46. The summed E-state index contributed by atoms with van der Waals surface area (Å²) in [6.45, 7) is 0.626. The third-order valence-corrected chi connectivity index (χ3v) is 4.67. The Morgan fingerprint density at radius 1 is 1.18 bits per heavy atom. The second kappa shape index (κ2) is 6.77. The molecule has 0 bridgehead atoms. The molecule has 0 unspecified atom stereocenters. The van der Waals surface area contributed by atoms with E-state index in [2.05, 4.69) is 27.4 Å². The molecule has 0 saturated heterocycles. The Hall–Kier alpha value is -2.10. The first kappa shape index (κ1) is 14.8. The van der Waals surface area contributed by atoms with Gasteiger partial charge in [0.05, 0.1) is 5.41 Å². The minimum absolute atomic E-state index is 0.171. The third-order valence-electron chi connectivity index (χ3n) is 4.67. The van der Waals surface area contributed by atoms with Gasteiger partial charge in [0.15, 0.2) is 0 Å². The zero-order valence-corrected chi connectivity index (χ0v) is 12.8. The average Bonchev–Trinajstić information content (AvgIpc) is 3.09. The van der Waals surface area contributed by atoms with E-state index in [0.717, 1.165) is 43.5 Å². The summed E-state index contributed by atoms with van der Waals surface area (Å²) >= 11 is 0. The highest BCUT2D eigenvalue weighted by molar-refractivity contribution is 5.88. The number of hydrogen-bond donors (Lipinski definition) is 2. The largest absolute Gasteiger partial charge is 0.355 e. The van der Waals surface area contributed by atoms with Gasteiger partial charge in [-0.05, 0) is 18.4 Å². The molecule has 116 valence electrons. The van der Waals surface area contributed by atoms with Crippen molar-refractivity contribution in [2.24, 2.45) is 0 Å². The summed E-state index contributed by atoms with van der Waals surface area (Å²) < 4.78 is 0.